The lowest BCUT2D eigenvalue weighted by Crippen LogP contribution is -2.30. The molecule has 0 radical (unpaired) electrons. The summed E-state index contributed by atoms with van der Waals surface area (Å²) in [4.78, 5) is 0. The quantitative estimate of drug-likeness (QED) is 0.928. The number of nitrogens with zero attached hydrogens (tertiary/aromatic N) is 3. The number of benzene rings is 1. The average molecular weight is 270 g/mol. The van der Waals surface area contributed by atoms with Gasteiger partial charge in [-0.1, -0.05) is 31.9 Å². The van der Waals surface area contributed by atoms with Crippen LogP contribution in [0.15, 0.2) is 30.6 Å². The molecule has 0 amide bonds. The Morgan fingerprint density at radius 1 is 1.20 bits per heavy atom. The molecule has 0 spiro atoms. The Morgan fingerprint density at radius 2 is 2.00 bits per heavy atom. The fraction of sp³-hybridized carbons (Fsp3) is 0.500. The van der Waals surface area contributed by atoms with Gasteiger partial charge in [-0.15, -0.1) is 10.2 Å². The maximum atomic E-state index is 4.23. The Hall–Kier alpha value is -1.84. The van der Waals surface area contributed by atoms with Crippen LogP contribution in [0.1, 0.15) is 32.6 Å². The van der Waals surface area contributed by atoms with E-state index in [-0.39, 0.29) is 0 Å². The van der Waals surface area contributed by atoms with Crippen LogP contribution in [-0.2, 0) is 7.05 Å². The van der Waals surface area contributed by atoms with Crippen molar-refractivity contribution >= 4 is 5.69 Å². The highest BCUT2D eigenvalue weighted by Crippen LogP contribution is 2.31. The van der Waals surface area contributed by atoms with Gasteiger partial charge in [0.15, 0.2) is 5.82 Å². The minimum absolute atomic E-state index is 0.568. The molecule has 1 N–H and O–H groups in total. The van der Waals surface area contributed by atoms with Crippen LogP contribution in [0.5, 0.6) is 0 Å². The van der Waals surface area contributed by atoms with Gasteiger partial charge >= 0.3 is 0 Å². The van der Waals surface area contributed by atoms with Crippen LogP contribution in [0, 0.1) is 5.92 Å². The Balaban J connectivity index is 1.88. The summed E-state index contributed by atoms with van der Waals surface area (Å²) in [5.41, 5.74) is 2.30. The molecular formula is C16H22N4. The van der Waals surface area contributed by atoms with Crippen LogP contribution in [0.4, 0.5) is 5.69 Å². The van der Waals surface area contributed by atoms with Gasteiger partial charge in [0.2, 0.25) is 0 Å². The summed E-state index contributed by atoms with van der Waals surface area (Å²) in [6.07, 6.45) is 7.02. The lowest BCUT2D eigenvalue weighted by molar-refractivity contribution is 0.349. The fourth-order valence-corrected chi connectivity index (χ4v) is 3.06. The normalized spacial score (nSPS) is 22.7. The average Bonchev–Trinajstić information content (AvgIpc) is 2.88. The zero-order chi connectivity index (χ0) is 13.9. The summed E-state index contributed by atoms with van der Waals surface area (Å²) < 4.78 is 1.96. The number of hydrogen-bond donors (Lipinski definition) is 1. The van der Waals surface area contributed by atoms with Gasteiger partial charge in [-0.2, -0.15) is 0 Å². The third-order valence-corrected chi connectivity index (χ3v) is 4.33. The van der Waals surface area contributed by atoms with Crippen molar-refractivity contribution in [2.24, 2.45) is 13.0 Å². The summed E-state index contributed by atoms with van der Waals surface area (Å²) in [5.74, 6) is 1.65. The molecule has 3 rings (SSSR count). The second-order valence-corrected chi connectivity index (χ2v) is 5.82. The molecule has 1 aromatic carbocycles. The molecule has 4 nitrogen and oxygen atoms in total. The first-order chi connectivity index (χ1) is 9.75. The van der Waals surface area contributed by atoms with Crippen molar-refractivity contribution in [1.82, 2.24) is 14.8 Å². The van der Waals surface area contributed by atoms with Gasteiger partial charge in [0.05, 0.1) is 0 Å². The Bertz CT molecular complexity index is 575. The fourth-order valence-electron chi connectivity index (χ4n) is 3.06. The van der Waals surface area contributed by atoms with Crippen molar-refractivity contribution in [3.63, 3.8) is 0 Å². The smallest absolute Gasteiger partial charge is 0.165 e. The molecule has 106 valence electrons. The van der Waals surface area contributed by atoms with Gasteiger partial charge in [-0.25, -0.2) is 0 Å². The molecule has 2 aromatic rings. The monoisotopic (exact) mass is 270 g/mol. The minimum atomic E-state index is 0.568. The van der Waals surface area contributed by atoms with E-state index in [2.05, 4.69) is 46.7 Å². The van der Waals surface area contributed by atoms with Gasteiger partial charge in [-0.3, -0.25) is 0 Å². The summed E-state index contributed by atoms with van der Waals surface area (Å²) in [6.45, 7) is 2.35. The van der Waals surface area contributed by atoms with Gasteiger partial charge < -0.3 is 9.88 Å². The van der Waals surface area contributed by atoms with Crippen molar-refractivity contribution in [1.29, 1.82) is 0 Å². The predicted octanol–water partition coefficient (Wildman–Crippen LogP) is 3.47. The maximum absolute atomic E-state index is 4.23. The number of aryl methyl sites for hydroxylation is 1. The number of anilines is 1. The van der Waals surface area contributed by atoms with Crippen molar-refractivity contribution < 1.29 is 0 Å². The third-order valence-electron chi connectivity index (χ3n) is 4.33. The van der Waals surface area contributed by atoms with Crippen LogP contribution >= 0.6 is 0 Å². The first-order valence-electron chi connectivity index (χ1n) is 7.45. The standard InChI is InChI=1S/C16H22N4/c1-12-7-3-5-9-14(12)18-15-10-6-4-8-13(15)16-19-17-11-20(16)2/h4,6,8,10-12,14,18H,3,5,7,9H2,1-2H3. The second kappa shape index (κ2) is 5.65. The van der Waals surface area contributed by atoms with E-state index in [1.807, 2.05) is 11.6 Å². The van der Waals surface area contributed by atoms with E-state index in [4.69, 9.17) is 0 Å². The van der Waals surface area contributed by atoms with E-state index < -0.39 is 0 Å². The van der Waals surface area contributed by atoms with Crippen LogP contribution in [0.2, 0.25) is 0 Å². The number of aromatic nitrogens is 3. The van der Waals surface area contributed by atoms with Crippen molar-refractivity contribution in [2.75, 3.05) is 5.32 Å². The predicted molar refractivity (Wildman–Crippen MR) is 81.5 cm³/mol. The molecule has 1 heterocycles. The van der Waals surface area contributed by atoms with E-state index in [1.54, 1.807) is 6.33 Å². The molecule has 1 saturated carbocycles. The molecule has 4 heteroatoms. The molecule has 0 bridgehead atoms. The molecule has 1 aromatic heterocycles. The lowest BCUT2D eigenvalue weighted by atomic mass is 9.85. The number of para-hydroxylation sites is 1. The second-order valence-electron chi connectivity index (χ2n) is 5.82. The van der Waals surface area contributed by atoms with Crippen molar-refractivity contribution in [2.45, 2.75) is 38.6 Å². The van der Waals surface area contributed by atoms with E-state index in [0.717, 1.165) is 17.3 Å². The van der Waals surface area contributed by atoms with Crippen LogP contribution in [0.25, 0.3) is 11.4 Å². The molecule has 0 saturated heterocycles. The highest BCUT2D eigenvalue weighted by molar-refractivity contribution is 5.73. The largest absolute Gasteiger partial charge is 0.381 e. The molecular weight excluding hydrogens is 248 g/mol. The molecule has 0 aliphatic heterocycles. The number of rotatable bonds is 3. The van der Waals surface area contributed by atoms with E-state index >= 15 is 0 Å². The Labute approximate surface area is 120 Å². The van der Waals surface area contributed by atoms with Crippen molar-refractivity contribution in [3.05, 3.63) is 30.6 Å². The van der Waals surface area contributed by atoms with Gasteiger partial charge in [-0.05, 0) is 30.9 Å². The van der Waals surface area contributed by atoms with E-state index in [1.165, 1.54) is 31.4 Å². The molecule has 2 atom stereocenters. The number of hydrogen-bond acceptors (Lipinski definition) is 3. The molecule has 20 heavy (non-hydrogen) atoms. The third kappa shape index (κ3) is 2.55. The summed E-state index contributed by atoms with van der Waals surface area (Å²) in [5, 5.41) is 12.0. The first kappa shape index (κ1) is 13.2. The van der Waals surface area contributed by atoms with Gasteiger partial charge in [0.1, 0.15) is 6.33 Å². The topological polar surface area (TPSA) is 42.7 Å². The van der Waals surface area contributed by atoms with E-state index in [0.29, 0.717) is 6.04 Å². The molecule has 1 aliphatic rings. The summed E-state index contributed by atoms with van der Waals surface area (Å²) in [7, 11) is 1.98. The van der Waals surface area contributed by atoms with Crippen LogP contribution < -0.4 is 5.32 Å². The van der Waals surface area contributed by atoms with E-state index in [9.17, 15) is 0 Å². The first-order valence-corrected chi connectivity index (χ1v) is 7.45. The summed E-state index contributed by atoms with van der Waals surface area (Å²) in [6, 6.07) is 8.96. The lowest BCUT2D eigenvalue weighted by Gasteiger charge is -2.31. The zero-order valence-electron chi connectivity index (χ0n) is 12.2. The minimum Gasteiger partial charge on any atom is -0.381 e. The highest BCUT2D eigenvalue weighted by atomic mass is 15.2. The maximum Gasteiger partial charge on any atom is 0.165 e. The Morgan fingerprint density at radius 3 is 2.75 bits per heavy atom. The highest BCUT2D eigenvalue weighted by Gasteiger charge is 2.22. The summed E-state index contributed by atoms with van der Waals surface area (Å²) >= 11 is 0. The zero-order valence-corrected chi connectivity index (χ0v) is 12.2. The SMILES string of the molecule is CC1CCCCC1Nc1ccccc1-c1nncn1C. The van der Waals surface area contributed by atoms with Crippen LogP contribution in [-0.4, -0.2) is 20.8 Å². The van der Waals surface area contributed by atoms with Crippen molar-refractivity contribution in [3.8, 4) is 11.4 Å². The molecule has 1 aliphatic carbocycles. The van der Waals surface area contributed by atoms with Gasteiger partial charge in [0.25, 0.3) is 0 Å². The Kier molecular flexibility index (Phi) is 3.72. The van der Waals surface area contributed by atoms with Crippen LogP contribution in [0.3, 0.4) is 0 Å². The molecule has 2 unspecified atom stereocenters. The molecule has 1 fully saturated rings. The number of nitrogens with one attached hydrogen (secondary N) is 1. The van der Waals surface area contributed by atoms with Gasteiger partial charge in [0, 0.05) is 24.3 Å².